The van der Waals surface area contributed by atoms with Gasteiger partial charge in [-0.3, -0.25) is 14.9 Å². The molecule has 0 spiro atoms. The lowest BCUT2D eigenvalue weighted by Crippen LogP contribution is -2.16. The molecule has 0 saturated heterocycles. The van der Waals surface area contributed by atoms with Crippen LogP contribution in [0.4, 0.5) is 5.69 Å². The Morgan fingerprint density at radius 3 is 2.85 bits per heavy atom. The Morgan fingerprint density at radius 1 is 1.40 bits per heavy atom. The summed E-state index contributed by atoms with van der Waals surface area (Å²) in [6, 6.07) is 6.98. The molecule has 1 aromatic carbocycles. The topological polar surface area (TPSA) is 118 Å². The molecule has 0 unspecified atom stereocenters. The number of carbonyl (C=O) groups excluding carboxylic acids is 1. The number of benzene rings is 1. The third-order valence-corrected chi connectivity index (χ3v) is 2.36. The standard InChI is InChI=1S/C12H9N3O5/c16-11-8(3-1-4-9(11)15(18)19)7-13-14-12(17)10-5-2-6-20-10/h1-7,16H,(H,14,17)/b13-7+. The van der Waals surface area contributed by atoms with Gasteiger partial charge < -0.3 is 9.52 Å². The van der Waals surface area contributed by atoms with Crippen LogP contribution in [0.15, 0.2) is 46.1 Å². The summed E-state index contributed by atoms with van der Waals surface area (Å²) in [4.78, 5) is 21.4. The molecule has 0 aliphatic heterocycles. The average molecular weight is 275 g/mol. The second kappa shape index (κ2) is 5.65. The van der Waals surface area contributed by atoms with E-state index in [0.29, 0.717) is 0 Å². The highest BCUT2D eigenvalue weighted by molar-refractivity contribution is 5.92. The molecule has 0 aliphatic carbocycles. The molecule has 1 heterocycles. The molecule has 0 saturated carbocycles. The number of rotatable bonds is 4. The molecule has 0 radical (unpaired) electrons. The molecule has 2 N–H and O–H groups in total. The number of hydrazone groups is 1. The molecule has 0 aliphatic rings. The van der Waals surface area contributed by atoms with E-state index in [0.717, 1.165) is 12.3 Å². The quantitative estimate of drug-likeness (QED) is 0.499. The van der Waals surface area contributed by atoms with Crippen molar-refractivity contribution in [3.8, 4) is 5.75 Å². The predicted molar refractivity (Wildman–Crippen MR) is 68.5 cm³/mol. The van der Waals surface area contributed by atoms with E-state index in [2.05, 4.69) is 10.5 Å². The van der Waals surface area contributed by atoms with Crippen molar-refractivity contribution in [3.63, 3.8) is 0 Å². The van der Waals surface area contributed by atoms with Gasteiger partial charge in [0.15, 0.2) is 5.76 Å². The summed E-state index contributed by atoms with van der Waals surface area (Å²) >= 11 is 0. The van der Waals surface area contributed by atoms with E-state index in [1.807, 2.05) is 0 Å². The van der Waals surface area contributed by atoms with Gasteiger partial charge in [0.2, 0.25) is 5.75 Å². The number of aromatic hydroxyl groups is 1. The van der Waals surface area contributed by atoms with Crippen LogP contribution in [0.5, 0.6) is 5.75 Å². The summed E-state index contributed by atoms with van der Waals surface area (Å²) in [5.74, 6) is -1.02. The van der Waals surface area contributed by atoms with Crippen molar-refractivity contribution in [2.24, 2.45) is 5.10 Å². The van der Waals surface area contributed by atoms with Gasteiger partial charge in [0.25, 0.3) is 0 Å². The fourth-order valence-corrected chi connectivity index (χ4v) is 1.42. The van der Waals surface area contributed by atoms with Crippen LogP contribution in [0.1, 0.15) is 16.1 Å². The van der Waals surface area contributed by atoms with E-state index >= 15 is 0 Å². The normalized spacial score (nSPS) is 10.6. The number of hydrogen-bond acceptors (Lipinski definition) is 6. The van der Waals surface area contributed by atoms with E-state index in [1.165, 1.54) is 24.5 Å². The van der Waals surface area contributed by atoms with Crippen LogP contribution in [0, 0.1) is 10.1 Å². The maximum Gasteiger partial charge on any atom is 0.311 e. The lowest BCUT2D eigenvalue weighted by molar-refractivity contribution is -0.385. The van der Waals surface area contributed by atoms with Gasteiger partial charge in [0.05, 0.1) is 17.4 Å². The molecule has 1 aromatic heterocycles. The second-order valence-corrected chi connectivity index (χ2v) is 3.65. The Kier molecular flexibility index (Phi) is 3.75. The van der Waals surface area contributed by atoms with E-state index in [1.54, 1.807) is 6.07 Å². The molecule has 0 bridgehead atoms. The minimum absolute atomic E-state index is 0.0745. The maximum absolute atomic E-state index is 11.5. The van der Waals surface area contributed by atoms with Crippen LogP contribution in [0.3, 0.4) is 0 Å². The van der Waals surface area contributed by atoms with Crippen LogP contribution >= 0.6 is 0 Å². The first kappa shape index (κ1) is 13.3. The van der Waals surface area contributed by atoms with E-state index in [-0.39, 0.29) is 11.3 Å². The number of phenols is 1. The van der Waals surface area contributed by atoms with Crippen LogP contribution in [-0.4, -0.2) is 22.2 Å². The van der Waals surface area contributed by atoms with Crippen LogP contribution in [0.25, 0.3) is 0 Å². The number of carbonyl (C=O) groups is 1. The number of nitrogens with one attached hydrogen (secondary N) is 1. The monoisotopic (exact) mass is 275 g/mol. The number of hydrogen-bond donors (Lipinski definition) is 2. The highest BCUT2D eigenvalue weighted by atomic mass is 16.6. The summed E-state index contributed by atoms with van der Waals surface area (Å²) in [6.45, 7) is 0. The van der Waals surface area contributed by atoms with Gasteiger partial charge in [-0.05, 0) is 18.2 Å². The third kappa shape index (κ3) is 2.80. The number of furan rings is 1. The van der Waals surface area contributed by atoms with Gasteiger partial charge in [0, 0.05) is 11.6 Å². The van der Waals surface area contributed by atoms with Crippen LogP contribution in [0.2, 0.25) is 0 Å². The average Bonchev–Trinajstić information content (AvgIpc) is 2.94. The van der Waals surface area contributed by atoms with Gasteiger partial charge in [0.1, 0.15) is 0 Å². The molecule has 20 heavy (non-hydrogen) atoms. The van der Waals surface area contributed by atoms with Gasteiger partial charge in [-0.2, -0.15) is 5.10 Å². The first-order valence-electron chi connectivity index (χ1n) is 5.43. The Labute approximate surface area is 112 Å². The smallest absolute Gasteiger partial charge is 0.311 e. The molecule has 102 valence electrons. The molecule has 8 heteroatoms. The van der Waals surface area contributed by atoms with Crippen molar-refractivity contribution in [1.29, 1.82) is 0 Å². The zero-order valence-electron chi connectivity index (χ0n) is 10.0. The van der Waals surface area contributed by atoms with Crippen LogP contribution in [-0.2, 0) is 0 Å². The summed E-state index contributed by atoms with van der Waals surface area (Å²) in [5, 5.41) is 23.9. The SMILES string of the molecule is O=C(N/N=C/c1cccc([N+](=O)[O-])c1O)c1ccco1. The first-order valence-corrected chi connectivity index (χ1v) is 5.43. The van der Waals surface area contributed by atoms with Crippen molar-refractivity contribution >= 4 is 17.8 Å². The number of phenolic OH excluding ortho intramolecular Hbond substituents is 1. The fraction of sp³-hybridized carbons (Fsp3) is 0. The minimum Gasteiger partial charge on any atom is -0.502 e. The number of para-hydroxylation sites is 1. The molecule has 1 amide bonds. The van der Waals surface area contributed by atoms with Gasteiger partial charge >= 0.3 is 11.6 Å². The first-order chi connectivity index (χ1) is 9.59. The maximum atomic E-state index is 11.5. The molecule has 0 fully saturated rings. The van der Waals surface area contributed by atoms with Crippen molar-refractivity contribution in [2.45, 2.75) is 0 Å². The van der Waals surface area contributed by atoms with Crippen molar-refractivity contribution in [3.05, 3.63) is 58.0 Å². The molecule has 8 nitrogen and oxygen atoms in total. The highest BCUT2D eigenvalue weighted by Gasteiger charge is 2.15. The fourth-order valence-electron chi connectivity index (χ4n) is 1.42. The summed E-state index contributed by atoms with van der Waals surface area (Å²) < 4.78 is 4.85. The van der Waals surface area contributed by atoms with Gasteiger partial charge in [-0.25, -0.2) is 5.43 Å². The van der Waals surface area contributed by atoms with E-state index in [9.17, 15) is 20.0 Å². The molecule has 0 atom stereocenters. The molecule has 2 rings (SSSR count). The number of nitro benzene ring substituents is 1. The number of nitrogens with zero attached hydrogens (tertiary/aromatic N) is 2. The zero-order valence-corrected chi connectivity index (χ0v) is 10.0. The summed E-state index contributed by atoms with van der Waals surface area (Å²) in [7, 11) is 0. The third-order valence-electron chi connectivity index (χ3n) is 2.36. The molecular weight excluding hydrogens is 266 g/mol. The minimum atomic E-state index is -0.714. The summed E-state index contributed by atoms with van der Waals surface area (Å²) in [6.07, 6.45) is 2.44. The zero-order chi connectivity index (χ0) is 14.5. The van der Waals surface area contributed by atoms with Gasteiger partial charge in [-0.1, -0.05) is 6.07 Å². The van der Waals surface area contributed by atoms with Crippen molar-refractivity contribution < 1.29 is 19.2 Å². The predicted octanol–water partition coefficient (Wildman–Crippen LogP) is 1.66. The van der Waals surface area contributed by atoms with Crippen molar-refractivity contribution in [1.82, 2.24) is 5.43 Å². The Morgan fingerprint density at radius 2 is 2.20 bits per heavy atom. The Hall–Kier alpha value is -3.16. The van der Waals surface area contributed by atoms with Gasteiger partial charge in [-0.15, -0.1) is 0 Å². The molecular formula is C12H9N3O5. The Balaban J connectivity index is 2.10. The Bertz CT molecular complexity index is 664. The molecule has 2 aromatic rings. The lowest BCUT2D eigenvalue weighted by atomic mass is 10.2. The highest BCUT2D eigenvalue weighted by Crippen LogP contribution is 2.27. The number of amides is 1. The number of nitro groups is 1. The van der Waals surface area contributed by atoms with Crippen LogP contribution < -0.4 is 5.43 Å². The van der Waals surface area contributed by atoms with E-state index in [4.69, 9.17) is 4.42 Å². The van der Waals surface area contributed by atoms with Crippen molar-refractivity contribution in [2.75, 3.05) is 0 Å². The second-order valence-electron chi connectivity index (χ2n) is 3.65. The largest absolute Gasteiger partial charge is 0.502 e. The summed E-state index contributed by atoms with van der Waals surface area (Å²) in [5.41, 5.74) is 1.84. The lowest BCUT2D eigenvalue weighted by Gasteiger charge is -1.99. The van der Waals surface area contributed by atoms with E-state index < -0.39 is 22.3 Å².